The molecule has 0 aromatic heterocycles. The molecule has 0 aliphatic heterocycles. The molecule has 0 heterocycles. The van der Waals surface area contributed by atoms with Gasteiger partial charge in [0.2, 0.25) is 5.91 Å². The van der Waals surface area contributed by atoms with Crippen molar-refractivity contribution in [2.75, 3.05) is 6.54 Å². The standard InChI is InChI=1S/C18H16BrNO3/c19-16-9-5-4-8-15(16)10-11-17(21)20-12-18(22)23-13-14-6-2-1-3-7-14/h1-11H,12-13H2,(H,20,21)/b11-10+. The summed E-state index contributed by atoms with van der Waals surface area (Å²) in [6.45, 7) is 0.0360. The molecule has 2 aromatic carbocycles. The van der Waals surface area contributed by atoms with Gasteiger partial charge in [-0.3, -0.25) is 9.59 Å². The predicted molar refractivity (Wildman–Crippen MR) is 92.4 cm³/mol. The van der Waals surface area contributed by atoms with Gasteiger partial charge in [-0.15, -0.1) is 0 Å². The lowest BCUT2D eigenvalue weighted by molar-refractivity contribution is -0.144. The number of amides is 1. The maximum atomic E-state index is 11.7. The van der Waals surface area contributed by atoms with Crippen LogP contribution in [0.15, 0.2) is 65.1 Å². The average molecular weight is 374 g/mol. The second-order valence-electron chi connectivity index (χ2n) is 4.72. The largest absolute Gasteiger partial charge is 0.460 e. The van der Waals surface area contributed by atoms with E-state index in [9.17, 15) is 9.59 Å². The number of halogens is 1. The molecule has 0 spiro atoms. The van der Waals surface area contributed by atoms with E-state index in [0.29, 0.717) is 0 Å². The van der Waals surface area contributed by atoms with Crippen molar-refractivity contribution < 1.29 is 14.3 Å². The second kappa shape index (κ2) is 8.90. The van der Waals surface area contributed by atoms with E-state index in [2.05, 4.69) is 21.2 Å². The van der Waals surface area contributed by atoms with Crippen LogP contribution in [0.4, 0.5) is 0 Å². The monoisotopic (exact) mass is 373 g/mol. The van der Waals surface area contributed by atoms with Crippen molar-refractivity contribution in [2.45, 2.75) is 6.61 Å². The molecule has 0 fully saturated rings. The van der Waals surface area contributed by atoms with E-state index in [1.165, 1.54) is 6.08 Å². The smallest absolute Gasteiger partial charge is 0.325 e. The first-order chi connectivity index (χ1) is 11.1. The summed E-state index contributed by atoms with van der Waals surface area (Å²) >= 11 is 3.39. The van der Waals surface area contributed by atoms with Gasteiger partial charge in [-0.05, 0) is 23.3 Å². The van der Waals surface area contributed by atoms with Gasteiger partial charge < -0.3 is 10.1 Å². The summed E-state index contributed by atoms with van der Waals surface area (Å²) in [6.07, 6.45) is 3.05. The van der Waals surface area contributed by atoms with Crippen LogP contribution in [-0.4, -0.2) is 18.4 Å². The molecule has 118 valence electrons. The van der Waals surface area contributed by atoms with Gasteiger partial charge in [-0.25, -0.2) is 0 Å². The summed E-state index contributed by atoms with van der Waals surface area (Å²) in [7, 11) is 0. The Kier molecular flexibility index (Phi) is 6.56. The second-order valence-corrected chi connectivity index (χ2v) is 5.57. The topological polar surface area (TPSA) is 55.4 Å². The van der Waals surface area contributed by atoms with Crippen molar-refractivity contribution in [3.63, 3.8) is 0 Å². The fourth-order valence-electron chi connectivity index (χ4n) is 1.78. The number of esters is 1. The molecule has 23 heavy (non-hydrogen) atoms. The molecule has 0 unspecified atom stereocenters. The minimum Gasteiger partial charge on any atom is -0.460 e. The predicted octanol–water partition coefficient (Wildman–Crippen LogP) is 3.32. The summed E-state index contributed by atoms with van der Waals surface area (Å²) in [5.74, 6) is -0.825. The highest BCUT2D eigenvalue weighted by Crippen LogP contribution is 2.16. The highest BCUT2D eigenvalue weighted by Gasteiger charge is 2.05. The Morgan fingerprint density at radius 3 is 2.48 bits per heavy atom. The van der Waals surface area contributed by atoms with Crippen LogP contribution in [0.1, 0.15) is 11.1 Å². The Labute approximate surface area is 143 Å². The Bertz CT molecular complexity index is 698. The molecule has 0 aliphatic rings. The van der Waals surface area contributed by atoms with Crippen LogP contribution in [0.2, 0.25) is 0 Å². The van der Waals surface area contributed by atoms with Crippen LogP contribution >= 0.6 is 15.9 Å². The quantitative estimate of drug-likeness (QED) is 0.624. The Morgan fingerprint density at radius 2 is 1.74 bits per heavy atom. The van der Waals surface area contributed by atoms with Gasteiger partial charge in [0.15, 0.2) is 0 Å². The SMILES string of the molecule is O=C(/C=C/c1ccccc1Br)NCC(=O)OCc1ccccc1. The molecule has 0 saturated heterocycles. The van der Waals surface area contributed by atoms with Gasteiger partial charge in [0.1, 0.15) is 13.2 Å². The molecule has 0 bridgehead atoms. The molecule has 1 amide bonds. The minimum absolute atomic E-state index is 0.161. The number of hydrogen-bond donors (Lipinski definition) is 1. The van der Waals surface area contributed by atoms with E-state index in [4.69, 9.17) is 4.74 Å². The molecule has 0 saturated carbocycles. The first kappa shape index (κ1) is 17.0. The van der Waals surface area contributed by atoms with Crippen LogP contribution in [0.3, 0.4) is 0 Å². The number of benzene rings is 2. The summed E-state index contributed by atoms with van der Waals surface area (Å²) in [5, 5.41) is 2.49. The number of rotatable bonds is 6. The van der Waals surface area contributed by atoms with E-state index >= 15 is 0 Å². The first-order valence-electron chi connectivity index (χ1n) is 7.05. The number of carbonyl (C=O) groups excluding carboxylic acids is 2. The number of nitrogens with one attached hydrogen (secondary N) is 1. The third kappa shape index (κ3) is 6.08. The third-order valence-electron chi connectivity index (χ3n) is 2.97. The molecule has 0 radical (unpaired) electrons. The van der Waals surface area contributed by atoms with Gasteiger partial charge >= 0.3 is 5.97 Å². The van der Waals surface area contributed by atoms with Gasteiger partial charge in [0, 0.05) is 10.5 Å². The zero-order chi connectivity index (χ0) is 16.5. The van der Waals surface area contributed by atoms with Crippen molar-refractivity contribution in [3.05, 3.63) is 76.3 Å². The molecule has 2 aromatic rings. The Morgan fingerprint density at radius 1 is 1.04 bits per heavy atom. The number of hydrogen-bond acceptors (Lipinski definition) is 3. The van der Waals surface area contributed by atoms with Gasteiger partial charge in [-0.1, -0.05) is 64.5 Å². The minimum atomic E-state index is -0.475. The third-order valence-corrected chi connectivity index (χ3v) is 3.69. The van der Waals surface area contributed by atoms with Gasteiger partial charge in [-0.2, -0.15) is 0 Å². The van der Waals surface area contributed by atoms with Crippen molar-refractivity contribution in [3.8, 4) is 0 Å². The average Bonchev–Trinajstić information content (AvgIpc) is 2.58. The van der Waals surface area contributed by atoms with E-state index in [1.807, 2.05) is 54.6 Å². The zero-order valence-corrected chi connectivity index (χ0v) is 14.0. The first-order valence-corrected chi connectivity index (χ1v) is 7.84. The van der Waals surface area contributed by atoms with Crippen LogP contribution in [0.5, 0.6) is 0 Å². The van der Waals surface area contributed by atoms with Crippen LogP contribution in [-0.2, 0) is 20.9 Å². The van der Waals surface area contributed by atoms with E-state index in [0.717, 1.165) is 15.6 Å². The maximum absolute atomic E-state index is 11.7. The lowest BCUT2D eigenvalue weighted by Gasteiger charge is -2.05. The summed E-state index contributed by atoms with van der Waals surface area (Å²) in [6, 6.07) is 16.9. The van der Waals surface area contributed by atoms with Crippen LogP contribution in [0.25, 0.3) is 6.08 Å². The van der Waals surface area contributed by atoms with Crippen LogP contribution in [0, 0.1) is 0 Å². The normalized spacial score (nSPS) is 10.5. The molecule has 1 N–H and O–H groups in total. The van der Waals surface area contributed by atoms with E-state index in [1.54, 1.807) is 6.08 Å². The lowest BCUT2D eigenvalue weighted by atomic mass is 10.2. The van der Waals surface area contributed by atoms with Crippen molar-refractivity contribution >= 4 is 33.9 Å². The molecular formula is C18H16BrNO3. The van der Waals surface area contributed by atoms with Gasteiger partial charge in [0.25, 0.3) is 0 Å². The Balaban J connectivity index is 1.73. The van der Waals surface area contributed by atoms with Crippen molar-refractivity contribution in [1.82, 2.24) is 5.32 Å². The van der Waals surface area contributed by atoms with Crippen LogP contribution < -0.4 is 5.32 Å². The Hall–Kier alpha value is -2.40. The van der Waals surface area contributed by atoms with E-state index < -0.39 is 5.97 Å². The summed E-state index contributed by atoms with van der Waals surface area (Å²) in [4.78, 5) is 23.3. The highest BCUT2D eigenvalue weighted by atomic mass is 79.9. The molecule has 5 heteroatoms. The molecule has 0 atom stereocenters. The highest BCUT2D eigenvalue weighted by molar-refractivity contribution is 9.10. The number of ether oxygens (including phenoxy) is 1. The van der Waals surface area contributed by atoms with Crippen molar-refractivity contribution in [2.24, 2.45) is 0 Å². The molecule has 4 nitrogen and oxygen atoms in total. The summed E-state index contributed by atoms with van der Waals surface area (Å²) < 4.78 is 5.97. The van der Waals surface area contributed by atoms with Gasteiger partial charge in [0.05, 0.1) is 0 Å². The zero-order valence-electron chi connectivity index (χ0n) is 12.4. The molecular weight excluding hydrogens is 358 g/mol. The molecule has 2 rings (SSSR count). The number of carbonyl (C=O) groups is 2. The lowest BCUT2D eigenvalue weighted by Crippen LogP contribution is -2.29. The van der Waals surface area contributed by atoms with E-state index in [-0.39, 0.29) is 19.1 Å². The summed E-state index contributed by atoms with van der Waals surface area (Å²) in [5.41, 5.74) is 1.79. The fraction of sp³-hybridized carbons (Fsp3) is 0.111. The molecule has 0 aliphatic carbocycles. The maximum Gasteiger partial charge on any atom is 0.325 e. The van der Waals surface area contributed by atoms with Crippen molar-refractivity contribution in [1.29, 1.82) is 0 Å². The fourth-order valence-corrected chi connectivity index (χ4v) is 2.20.